The quantitative estimate of drug-likeness (QED) is 0.319. The molecule has 250 valence electrons. The van der Waals surface area contributed by atoms with Gasteiger partial charge in [0.2, 0.25) is 5.91 Å². The number of aromatic nitrogens is 4. The third-order valence-electron chi connectivity index (χ3n) is 10.7. The van der Waals surface area contributed by atoms with Gasteiger partial charge in [-0.1, -0.05) is 12.1 Å². The summed E-state index contributed by atoms with van der Waals surface area (Å²) in [4.78, 5) is 37.1. The van der Waals surface area contributed by atoms with Crippen molar-refractivity contribution in [1.29, 1.82) is 0 Å². The van der Waals surface area contributed by atoms with Gasteiger partial charge in [-0.25, -0.2) is 14.5 Å². The number of β-amino-alcohol motifs (C(OH)–C–C–N with tert-alkyl or cyclic N) is 1. The minimum absolute atomic E-state index is 0.0440. The Hall–Kier alpha value is -3.99. The molecule has 2 aromatic heterocycles. The van der Waals surface area contributed by atoms with Crippen LogP contribution in [0.3, 0.4) is 0 Å². The number of aliphatic hydroxyl groups excluding tert-OH is 1. The van der Waals surface area contributed by atoms with Crippen molar-refractivity contribution in [2.24, 2.45) is 11.8 Å². The van der Waals surface area contributed by atoms with Gasteiger partial charge in [-0.3, -0.25) is 9.78 Å². The number of rotatable bonds is 9. The zero-order chi connectivity index (χ0) is 32.5. The van der Waals surface area contributed by atoms with E-state index in [1.54, 1.807) is 13.4 Å². The summed E-state index contributed by atoms with van der Waals surface area (Å²) in [5, 5.41) is 17.7. The Balaban J connectivity index is 1.04. The van der Waals surface area contributed by atoms with E-state index < -0.39 is 6.10 Å². The van der Waals surface area contributed by atoms with E-state index in [0.29, 0.717) is 50.6 Å². The van der Waals surface area contributed by atoms with Crippen molar-refractivity contribution in [2.75, 3.05) is 20.2 Å². The lowest BCUT2D eigenvalue weighted by Gasteiger charge is -2.37. The van der Waals surface area contributed by atoms with Crippen molar-refractivity contribution in [3.63, 3.8) is 0 Å². The van der Waals surface area contributed by atoms with Crippen LogP contribution in [0, 0.1) is 18.8 Å². The maximum atomic E-state index is 13.9. The molecule has 2 N–H and O–H groups in total. The van der Waals surface area contributed by atoms with E-state index in [4.69, 9.17) is 19.6 Å². The SMILES string of the molecule is COc1ccc(C2CCC(C(NC(=O)C3CCC(OC(=O)N4CC(O)C4)CC3)c3cc(-n4cnc(C5CC5)n4)ccn3)CC2)cc1C. The Bertz CT molecular complexity index is 1570. The smallest absolute Gasteiger partial charge is 0.410 e. The maximum absolute atomic E-state index is 13.9. The molecule has 4 aliphatic rings. The lowest BCUT2D eigenvalue weighted by atomic mass is 9.75. The Kier molecular flexibility index (Phi) is 9.16. The number of pyridine rings is 1. The molecule has 11 nitrogen and oxygen atoms in total. The second-order valence-electron chi connectivity index (χ2n) is 14.0. The Labute approximate surface area is 276 Å². The molecular weight excluding hydrogens is 596 g/mol. The molecule has 4 fully saturated rings. The molecule has 7 rings (SSSR count). The largest absolute Gasteiger partial charge is 0.496 e. The Morgan fingerprint density at radius 2 is 1.68 bits per heavy atom. The van der Waals surface area contributed by atoms with Crippen molar-refractivity contribution in [3.8, 4) is 11.4 Å². The highest BCUT2D eigenvalue weighted by molar-refractivity contribution is 5.79. The first-order valence-electron chi connectivity index (χ1n) is 17.3. The van der Waals surface area contributed by atoms with E-state index in [1.807, 2.05) is 16.9 Å². The Morgan fingerprint density at radius 1 is 0.936 bits per heavy atom. The number of carbonyl (C=O) groups excluding carboxylic acids is 2. The summed E-state index contributed by atoms with van der Waals surface area (Å²) in [6, 6.07) is 10.3. The number of hydrogen-bond donors (Lipinski definition) is 2. The summed E-state index contributed by atoms with van der Waals surface area (Å²) in [6.07, 6.45) is 11.5. The van der Waals surface area contributed by atoms with E-state index in [2.05, 4.69) is 41.5 Å². The predicted molar refractivity (Wildman–Crippen MR) is 174 cm³/mol. The van der Waals surface area contributed by atoms with Gasteiger partial charge in [-0.2, -0.15) is 5.10 Å². The fraction of sp³-hybridized carbons (Fsp3) is 0.583. The van der Waals surface area contributed by atoms with Crippen molar-refractivity contribution < 1.29 is 24.2 Å². The van der Waals surface area contributed by atoms with Crippen molar-refractivity contribution in [2.45, 2.75) is 101 Å². The third-order valence-corrected chi connectivity index (χ3v) is 10.7. The highest BCUT2D eigenvalue weighted by Crippen LogP contribution is 2.42. The molecule has 1 unspecified atom stereocenters. The molecule has 3 aliphatic carbocycles. The number of likely N-dealkylation sites (tertiary alicyclic amines) is 1. The van der Waals surface area contributed by atoms with Crippen molar-refractivity contribution >= 4 is 12.0 Å². The van der Waals surface area contributed by atoms with E-state index in [1.165, 1.54) is 10.5 Å². The van der Waals surface area contributed by atoms with Crippen LogP contribution < -0.4 is 10.1 Å². The van der Waals surface area contributed by atoms with Crippen LogP contribution in [0.15, 0.2) is 42.9 Å². The van der Waals surface area contributed by atoms with Crippen molar-refractivity contribution in [3.05, 3.63) is 65.5 Å². The topological polar surface area (TPSA) is 132 Å². The van der Waals surface area contributed by atoms with Crippen LogP contribution in [0.2, 0.25) is 0 Å². The summed E-state index contributed by atoms with van der Waals surface area (Å²) in [5.74, 6) is 2.90. The molecule has 0 radical (unpaired) electrons. The second kappa shape index (κ2) is 13.6. The molecule has 0 spiro atoms. The van der Waals surface area contributed by atoms with E-state index in [-0.39, 0.29) is 36.0 Å². The van der Waals surface area contributed by atoms with Gasteiger partial charge in [0.1, 0.15) is 18.2 Å². The van der Waals surface area contributed by atoms with Gasteiger partial charge in [-0.05, 0) is 112 Å². The number of hydrogen-bond acceptors (Lipinski definition) is 8. The molecule has 3 heterocycles. The molecule has 1 saturated heterocycles. The van der Waals surface area contributed by atoms with Crippen LogP contribution in [-0.2, 0) is 9.53 Å². The first-order chi connectivity index (χ1) is 22.8. The first-order valence-corrected chi connectivity index (χ1v) is 17.3. The highest BCUT2D eigenvalue weighted by Gasteiger charge is 2.36. The normalized spacial score (nSPS) is 25.5. The fourth-order valence-corrected chi connectivity index (χ4v) is 7.59. The number of nitrogens with zero attached hydrogens (tertiary/aromatic N) is 5. The van der Waals surface area contributed by atoms with Crippen LogP contribution in [0.25, 0.3) is 5.69 Å². The second-order valence-corrected chi connectivity index (χ2v) is 14.0. The van der Waals surface area contributed by atoms with Gasteiger partial charge >= 0.3 is 6.09 Å². The van der Waals surface area contributed by atoms with Crippen LogP contribution >= 0.6 is 0 Å². The summed E-state index contributed by atoms with van der Waals surface area (Å²) < 4.78 is 13.0. The third kappa shape index (κ3) is 7.15. The number of carbonyl (C=O) groups is 2. The van der Waals surface area contributed by atoms with E-state index >= 15 is 0 Å². The zero-order valence-electron chi connectivity index (χ0n) is 27.4. The summed E-state index contributed by atoms with van der Waals surface area (Å²) in [7, 11) is 1.71. The number of nitrogens with one attached hydrogen (secondary N) is 1. The van der Waals surface area contributed by atoms with Crippen LogP contribution in [0.5, 0.6) is 5.75 Å². The standard InChI is InChI=1S/C36H46N6O5/c1-22-17-27(11-14-32(22)46-2)23-3-5-24(6-4-23)33(31-18-28(15-16-37-31)42-21-38-34(40-42)25-7-8-25)39-35(44)26-9-12-30(13-10-26)47-36(45)41-19-29(43)20-41/h11,14-18,21,23-26,29-30,33,43H,3-10,12-13,19-20H2,1-2H3,(H,39,44). The number of aryl methyl sites for hydroxylation is 1. The van der Waals surface area contributed by atoms with Gasteiger partial charge in [0.25, 0.3) is 0 Å². The van der Waals surface area contributed by atoms with Gasteiger partial charge in [0.15, 0.2) is 5.82 Å². The lowest BCUT2D eigenvalue weighted by Crippen LogP contribution is -2.54. The number of methoxy groups -OCH3 is 1. The van der Waals surface area contributed by atoms with Crippen molar-refractivity contribution in [1.82, 2.24) is 30.0 Å². The predicted octanol–water partition coefficient (Wildman–Crippen LogP) is 5.36. The van der Waals surface area contributed by atoms with Gasteiger partial charge < -0.3 is 24.8 Å². The molecule has 2 amide bonds. The fourth-order valence-electron chi connectivity index (χ4n) is 7.59. The minimum atomic E-state index is -0.455. The van der Waals surface area contributed by atoms with Crippen LogP contribution in [0.4, 0.5) is 4.79 Å². The molecular formula is C36H46N6O5. The minimum Gasteiger partial charge on any atom is -0.496 e. The molecule has 1 aliphatic heterocycles. The first kappa shape index (κ1) is 31.6. The molecule has 3 saturated carbocycles. The van der Waals surface area contributed by atoms with Crippen LogP contribution in [0.1, 0.15) is 105 Å². The van der Waals surface area contributed by atoms with Gasteiger partial charge in [0, 0.05) is 18.0 Å². The molecule has 3 aromatic rings. The summed E-state index contributed by atoms with van der Waals surface area (Å²) in [6.45, 7) is 2.75. The van der Waals surface area contributed by atoms with Gasteiger partial charge in [-0.15, -0.1) is 0 Å². The summed E-state index contributed by atoms with van der Waals surface area (Å²) in [5.41, 5.74) is 4.25. The molecule has 47 heavy (non-hydrogen) atoms. The molecule has 1 aromatic carbocycles. The van der Waals surface area contributed by atoms with Gasteiger partial charge in [0.05, 0.1) is 43.7 Å². The monoisotopic (exact) mass is 642 g/mol. The average molecular weight is 643 g/mol. The number of amides is 2. The summed E-state index contributed by atoms with van der Waals surface area (Å²) >= 11 is 0. The van der Waals surface area contributed by atoms with E-state index in [9.17, 15) is 14.7 Å². The zero-order valence-corrected chi connectivity index (χ0v) is 27.4. The average Bonchev–Trinajstić information content (AvgIpc) is 3.81. The number of benzene rings is 1. The molecule has 1 atom stereocenters. The maximum Gasteiger partial charge on any atom is 0.410 e. The number of aliphatic hydroxyl groups is 1. The lowest BCUT2D eigenvalue weighted by molar-refractivity contribution is -0.128. The Morgan fingerprint density at radius 3 is 2.36 bits per heavy atom. The number of ether oxygens (including phenoxy) is 2. The van der Waals surface area contributed by atoms with E-state index in [0.717, 1.165) is 67.0 Å². The molecule has 0 bridgehead atoms. The highest BCUT2D eigenvalue weighted by atomic mass is 16.6. The molecule has 11 heteroatoms. The van der Waals surface area contributed by atoms with Crippen LogP contribution in [-0.4, -0.2) is 74.2 Å².